The number of rotatable bonds is 3. The summed E-state index contributed by atoms with van der Waals surface area (Å²) < 4.78 is 7.39. The van der Waals surface area contributed by atoms with Gasteiger partial charge < -0.3 is 15.0 Å². The minimum absolute atomic E-state index is 0.431. The molecule has 3 aromatic rings. The van der Waals surface area contributed by atoms with Crippen LogP contribution in [0.3, 0.4) is 0 Å². The number of hydrogen-bond acceptors (Lipinski definition) is 5. The summed E-state index contributed by atoms with van der Waals surface area (Å²) in [6.07, 6.45) is 8.05. The monoisotopic (exact) mass is 323 g/mol. The molecule has 1 aromatic carbocycles. The van der Waals surface area contributed by atoms with Crippen LogP contribution in [0.25, 0.3) is 22.6 Å². The Bertz CT molecular complexity index is 850. The number of methoxy groups -OCH3 is 1. The minimum atomic E-state index is 0.431. The second-order valence-electron chi connectivity index (χ2n) is 6.28. The van der Waals surface area contributed by atoms with Crippen molar-refractivity contribution in [2.24, 2.45) is 0 Å². The molecule has 2 aromatic heterocycles. The summed E-state index contributed by atoms with van der Waals surface area (Å²) in [6, 6.07) is 8.15. The van der Waals surface area contributed by atoms with Crippen molar-refractivity contribution in [1.82, 2.24) is 19.5 Å². The molecular weight excluding hydrogens is 302 g/mol. The number of imidazole rings is 1. The Kier molecular flexibility index (Phi) is 3.80. The number of hydrogen-bond donors (Lipinski definition) is 1. The summed E-state index contributed by atoms with van der Waals surface area (Å²) in [6.45, 7) is 0. The van der Waals surface area contributed by atoms with Gasteiger partial charge in [-0.15, -0.1) is 0 Å². The molecule has 0 saturated heterocycles. The molecule has 2 N–H and O–H groups in total. The number of nitrogens with two attached hydrogens (primary N) is 1. The Hall–Kier alpha value is -2.63. The van der Waals surface area contributed by atoms with E-state index in [1.807, 2.05) is 30.6 Å². The van der Waals surface area contributed by atoms with Crippen LogP contribution in [-0.4, -0.2) is 26.6 Å². The number of benzene rings is 1. The van der Waals surface area contributed by atoms with Gasteiger partial charge >= 0.3 is 0 Å². The fourth-order valence-electron chi connectivity index (χ4n) is 3.43. The molecule has 6 nitrogen and oxygen atoms in total. The summed E-state index contributed by atoms with van der Waals surface area (Å²) in [5.41, 5.74) is 8.59. The normalized spacial score (nSPS) is 15.7. The van der Waals surface area contributed by atoms with Crippen LogP contribution >= 0.6 is 0 Å². The third-order valence-corrected chi connectivity index (χ3v) is 4.76. The second kappa shape index (κ2) is 6.11. The number of nitrogens with zero attached hydrogens (tertiary/aromatic N) is 4. The standard InChI is InChI=1S/C18H21N5O/c1-24-14-9-7-12(8-10-14)17-21-16(19)15-18(22-17)23(11-20-15)13-5-3-2-4-6-13/h7-11,13H,2-6H2,1H3,(H2,19,21,22). The van der Waals surface area contributed by atoms with E-state index in [1.54, 1.807) is 7.11 Å². The van der Waals surface area contributed by atoms with Crippen molar-refractivity contribution >= 4 is 17.0 Å². The Labute approximate surface area is 140 Å². The van der Waals surface area contributed by atoms with E-state index in [2.05, 4.69) is 14.5 Å². The van der Waals surface area contributed by atoms with E-state index in [9.17, 15) is 0 Å². The van der Waals surface area contributed by atoms with Crippen LogP contribution in [0.4, 0.5) is 5.82 Å². The Morgan fingerprint density at radius 3 is 2.54 bits per heavy atom. The Morgan fingerprint density at radius 2 is 1.83 bits per heavy atom. The first-order chi connectivity index (χ1) is 11.8. The summed E-state index contributed by atoms with van der Waals surface area (Å²) in [5, 5.41) is 0. The van der Waals surface area contributed by atoms with E-state index >= 15 is 0 Å². The first kappa shape index (κ1) is 14.9. The van der Waals surface area contributed by atoms with Crippen LogP contribution in [0.15, 0.2) is 30.6 Å². The molecule has 1 aliphatic rings. The molecule has 1 saturated carbocycles. The van der Waals surface area contributed by atoms with Crippen LogP contribution in [0.2, 0.25) is 0 Å². The van der Waals surface area contributed by atoms with Crippen LogP contribution in [0.5, 0.6) is 5.75 Å². The Morgan fingerprint density at radius 1 is 1.08 bits per heavy atom. The van der Waals surface area contributed by atoms with Gasteiger partial charge in [-0.2, -0.15) is 0 Å². The fourth-order valence-corrected chi connectivity index (χ4v) is 3.43. The third-order valence-electron chi connectivity index (χ3n) is 4.76. The molecule has 0 unspecified atom stereocenters. The van der Waals surface area contributed by atoms with E-state index in [1.165, 1.54) is 32.1 Å². The number of fused-ring (bicyclic) bond motifs is 1. The van der Waals surface area contributed by atoms with E-state index in [4.69, 9.17) is 15.5 Å². The van der Waals surface area contributed by atoms with Crippen molar-refractivity contribution in [3.63, 3.8) is 0 Å². The quantitative estimate of drug-likeness (QED) is 0.797. The van der Waals surface area contributed by atoms with Gasteiger partial charge in [-0.1, -0.05) is 19.3 Å². The third kappa shape index (κ3) is 2.58. The summed E-state index contributed by atoms with van der Waals surface area (Å²) in [4.78, 5) is 13.6. The summed E-state index contributed by atoms with van der Waals surface area (Å²) in [5.74, 6) is 1.86. The molecule has 0 atom stereocenters. The van der Waals surface area contributed by atoms with Gasteiger partial charge in [0.05, 0.1) is 13.4 Å². The predicted molar refractivity (Wildman–Crippen MR) is 93.8 cm³/mol. The maximum atomic E-state index is 6.14. The maximum absolute atomic E-state index is 6.14. The lowest BCUT2D eigenvalue weighted by Gasteiger charge is -2.23. The number of aromatic nitrogens is 4. The zero-order valence-electron chi connectivity index (χ0n) is 13.8. The van der Waals surface area contributed by atoms with Crippen molar-refractivity contribution in [3.05, 3.63) is 30.6 Å². The van der Waals surface area contributed by atoms with Crippen molar-refractivity contribution in [2.45, 2.75) is 38.1 Å². The average Bonchev–Trinajstić information content (AvgIpc) is 3.07. The molecule has 0 radical (unpaired) electrons. The molecule has 124 valence electrons. The van der Waals surface area contributed by atoms with Gasteiger partial charge in [0.25, 0.3) is 0 Å². The van der Waals surface area contributed by atoms with Crippen LogP contribution in [0.1, 0.15) is 38.1 Å². The molecule has 1 fully saturated rings. The number of nitrogen functional groups attached to an aromatic ring is 1. The first-order valence-electron chi connectivity index (χ1n) is 8.41. The zero-order chi connectivity index (χ0) is 16.5. The van der Waals surface area contributed by atoms with Crippen LogP contribution < -0.4 is 10.5 Å². The molecule has 6 heteroatoms. The molecule has 0 aliphatic heterocycles. The van der Waals surface area contributed by atoms with Gasteiger partial charge in [0.1, 0.15) is 11.3 Å². The molecule has 4 rings (SSSR count). The lowest BCUT2D eigenvalue weighted by Crippen LogP contribution is -2.12. The molecule has 0 spiro atoms. The van der Waals surface area contributed by atoms with Gasteiger partial charge in [-0.25, -0.2) is 15.0 Å². The molecule has 1 aliphatic carbocycles. The Balaban J connectivity index is 1.79. The molecule has 0 bridgehead atoms. The van der Waals surface area contributed by atoms with E-state index < -0.39 is 0 Å². The highest BCUT2D eigenvalue weighted by molar-refractivity contribution is 5.83. The van der Waals surface area contributed by atoms with E-state index in [0.717, 1.165) is 17.0 Å². The predicted octanol–water partition coefficient (Wildman–Crippen LogP) is 3.59. The van der Waals surface area contributed by atoms with E-state index in [0.29, 0.717) is 23.2 Å². The van der Waals surface area contributed by atoms with Crippen molar-refractivity contribution in [2.75, 3.05) is 12.8 Å². The average molecular weight is 323 g/mol. The highest BCUT2D eigenvalue weighted by Gasteiger charge is 2.20. The second-order valence-corrected chi connectivity index (χ2v) is 6.28. The SMILES string of the molecule is COc1ccc(-c2nc(N)c3ncn(C4CCCCC4)c3n2)cc1. The lowest BCUT2D eigenvalue weighted by atomic mass is 9.95. The van der Waals surface area contributed by atoms with Crippen molar-refractivity contribution in [1.29, 1.82) is 0 Å². The molecular formula is C18H21N5O. The van der Waals surface area contributed by atoms with Crippen LogP contribution in [-0.2, 0) is 0 Å². The van der Waals surface area contributed by atoms with Gasteiger partial charge in [-0.3, -0.25) is 0 Å². The smallest absolute Gasteiger partial charge is 0.166 e. The highest BCUT2D eigenvalue weighted by Crippen LogP contribution is 2.32. The lowest BCUT2D eigenvalue weighted by molar-refractivity contribution is 0.358. The van der Waals surface area contributed by atoms with Crippen LogP contribution in [0, 0.1) is 0 Å². The van der Waals surface area contributed by atoms with Crippen molar-refractivity contribution in [3.8, 4) is 17.1 Å². The van der Waals surface area contributed by atoms with Gasteiger partial charge in [0.2, 0.25) is 0 Å². The minimum Gasteiger partial charge on any atom is -0.497 e. The zero-order valence-corrected chi connectivity index (χ0v) is 13.8. The number of anilines is 1. The maximum Gasteiger partial charge on any atom is 0.166 e. The first-order valence-corrected chi connectivity index (χ1v) is 8.41. The largest absolute Gasteiger partial charge is 0.497 e. The van der Waals surface area contributed by atoms with E-state index in [-0.39, 0.29) is 0 Å². The topological polar surface area (TPSA) is 78.9 Å². The number of ether oxygens (including phenoxy) is 1. The van der Waals surface area contributed by atoms with Gasteiger partial charge in [0.15, 0.2) is 17.3 Å². The molecule has 0 amide bonds. The molecule has 2 heterocycles. The summed E-state index contributed by atoms with van der Waals surface area (Å²) in [7, 11) is 1.65. The highest BCUT2D eigenvalue weighted by atomic mass is 16.5. The van der Waals surface area contributed by atoms with Gasteiger partial charge in [0, 0.05) is 11.6 Å². The van der Waals surface area contributed by atoms with Crippen molar-refractivity contribution < 1.29 is 4.74 Å². The van der Waals surface area contributed by atoms with Gasteiger partial charge in [-0.05, 0) is 37.1 Å². The molecule has 24 heavy (non-hydrogen) atoms. The fraction of sp³-hybridized carbons (Fsp3) is 0.389. The summed E-state index contributed by atoms with van der Waals surface area (Å²) >= 11 is 0.